The molecule has 1 atom stereocenters. The Hall–Kier alpha value is -2.99. The fraction of sp³-hybridized carbons (Fsp3) is 0.545. The van der Waals surface area contributed by atoms with Crippen LogP contribution in [0.1, 0.15) is 81.6 Å². The highest BCUT2D eigenvalue weighted by molar-refractivity contribution is 5.96. The molecule has 2 heterocycles. The second kappa shape index (κ2) is 12.0. The number of fused-ring (bicyclic) bond motifs is 1. The molecule has 2 fully saturated rings. The third-order valence-electron chi connectivity index (χ3n) is 8.28. The summed E-state index contributed by atoms with van der Waals surface area (Å²) in [5.41, 5.74) is 2.87. The Morgan fingerprint density at radius 1 is 1.08 bits per heavy atom. The van der Waals surface area contributed by atoms with Crippen LogP contribution in [-0.2, 0) is 0 Å². The molecule has 5 rings (SSSR count). The second-order valence-electron chi connectivity index (χ2n) is 12.0. The molecule has 1 aliphatic carbocycles. The van der Waals surface area contributed by atoms with Crippen molar-refractivity contribution in [3.05, 3.63) is 59.2 Å². The molecule has 2 aromatic rings. The molecule has 39 heavy (non-hydrogen) atoms. The molecule has 2 aliphatic heterocycles. The molecule has 1 saturated carbocycles. The number of hydrogen-bond acceptors (Lipinski definition) is 5. The summed E-state index contributed by atoms with van der Waals surface area (Å²) in [5.74, 6) is 1.63. The first-order chi connectivity index (χ1) is 18.8. The first kappa shape index (κ1) is 27.6. The van der Waals surface area contributed by atoms with Crippen LogP contribution in [0, 0.1) is 5.92 Å². The lowest BCUT2D eigenvalue weighted by molar-refractivity contribution is -0.0439. The Morgan fingerprint density at radius 3 is 2.59 bits per heavy atom. The maximum atomic E-state index is 14.2. The zero-order chi connectivity index (χ0) is 27.4. The average molecular weight is 533 g/mol. The highest BCUT2D eigenvalue weighted by Crippen LogP contribution is 2.47. The predicted octanol–water partition coefficient (Wildman–Crippen LogP) is 6.79. The van der Waals surface area contributed by atoms with Crippen LogP contribution >= 0.6 is 0 Å². The van der Waals surface area contributed by atoms with Gasteiger partial charge in [-0.1, -0.05) is 61.2 Å². The monoisotopic (exact) mass is 532 g/mol. The van der Waals surface area contributed by atoms with Crippen LogP contribution in [0.15, 0.2) is 48.0 Å². The largest absolute Gasteiger partial charge is 0.493 e. The van der Waals surface area contributed by atoms with Crippen molar-refractivity contribution >= 4 is 12.0 Å². The van der Waals surface area contributed by atoms with Crippen molar-refractivity contribution in [1.29, 1.82) is 0 Å². The number of rotatable bonds is 9. The van der Waals surface area contributed by atoms with E-state index in [1.165, 1.54) is 45.1 Å². The van der Waals surface area contributed by atoms with E-state index in [0.29, 0.717) is 41.9 Å². The number of ether oxygens (including phenoxy) is 3. The first-order valence-corrected chi connectivity index (χ1v) is 14.7. The number of hydrogen-bond donors (Lipinski definition) is 0. The summed E-state index contributed by atoms with van der Waals surface area (Å²) in [6.45, 7) is 9.42. The van der Waals surface area contributed by atoms with Crippen LogP contribution in [0.2, 0.25) is 0 Å². The number of benzene rings is 2. The third kappa shape index (κ3) is 6.78. The summed E-state index contributed by atoms with van der Waals surface area (Å²) in [4.78, 5) is 18.9. The molecule has 1 saturated heterocycles. The molecular weight excluding hydrogens is 488 g/mol. The fourth-order valence-corrected chi connectivity index (χ4v) is 6.44. The van der Waals surface area contributed by atoms with Crippen LogP contribution < -0.4 is 14.2 Å². The van der Waals surface area contributed by atoms with E-state index in [4.69, 9.17) is 14.2 Å². The number of methoxy groups -OCH3 is 1. The first-order valence-electron chi connectivity index (χ1n) is 14.7. The van der Waals surface area contributed by atoms with Crippen molar-refractivity contribution in [3.63, 3.8) is 0 Å². The lowest BCUT2D eigenvalue weighted by atomic mass is 9.89. The zero-order valence-corrected chi connectivity index (χ0v) is 24.1. The standard InChI is InChI=1S/C33H44N2O4/c1-24(18-25-12-7-5-8-13-25)21-35(23-28-16-11-17-34(28)22-26-14-9-6-10-15-26)32(36)27-19-29(37-4)31-30(20-27)38-33(2,3)39-31/h5,7-8,12-13,18-20,26,28H,6,9-11,14-17,21-23H2,1-4H3/t28-/m0/s1. The SMILES string of the molecule is COc1cc(C(=O)N(CC(C)=Cc2ccccc2)C[C@@H]2CCCN2CC2CCCCC2)cc2c1OC(C)(C)O2. The zero-order valence-electron chi connectivity index (χ0n) is 24.1. The third-order valence-corrected chi connectivity index (χ3v) is 8.28. The Balaban J connectivity index is 1.39. The van der Waals surface area contributed by atoms with Crippen molar-refractivity contribution in [2.75, 3.05) is 33.3 Å². The topological polar surface area (TPSA) is 51.2 Å². The molecule has 6 nitrogen and oxygen atoms in total. The summed E-state index contributed by atoms with van der Waals surface area (Å²) in [7, 11) is 1.60. The van der Waals surface area contributed by atoms with Gasteiger partial charge in [0, 0.05) is 45.1 Å². The van der Waals surface area contributed by atoms with E-state index in [1.807, 2.05) is 43.0 Å². The highest BCUT2D eigenvalue weighted by atomic mass is 16.7. The molecule has 0 spiro atoms. The van der Waals surface area contributed by atoms with Gasteiger partial charge in [0.05, 0.1) is 7.11 Å². The van der Waals surface area contributed by atoms with Crippen LogP contribution in [-0.4, -0.2) is 60.8 Å². The van der Waals surface area contributed by atoms with E-state index in [9.17, 15) is 4.79 Å². The van der Waals surface area contributed by atoms with Crippen LogP contribution in [0.3, 0.4) is 0 Å². The molecule has 0 aromatic heterocycles. The van der Waals surface area contributed by atoms with Gasteiger partial charge in [-0.3, -0.25) is 9.69 Å². The summed E-state index contributed by atoms with van der Waals surface area (Å²) >= 11 is 0. The Labute approximate surface area is 233 Å². The Morgan fingerprint density at radius 2 is 1.85 bits per heavy atom. The van der Waals surface area contributed by atoms with E-state index >= 15 is 0 Å². The molecular formula is C33H44N2O4. The van der Waals surface area contributed by atoms with Crippen LogP contribution in [0.5, 0.6) is 17.2 Å². The van der Waals surface area contributed by atoms with Crippen molar-refractivity contribution in [2.45, 2.75) is 77.5 Å². The quantitative estimate of drug-likeness (QED) is 0.356. The number of likely N-dealkylation sites (tertiary alicyclic amines) is 1. The van der Waals surface area contributed by atoms with Gasteiger partial charge in [-0.2, -0.15) is 0 Å². The summed E-state index contributed by atoms with van der Waals surface area (Å²) in [6.07, 6.45) is 11.3. The summed E-state index contributed by atoms with van der Waals surface area (Å²) in [6, 6.07) is 14.3. The van der Waals surface area contributed by atoms with Crippen molar-refractivity contribution in [3.8, 4) is 17.2 Å². The van der Waals surface area contributed by atoms with E-state index in [0.717, 1.165) is 30.0 Å². The van der Waals surface area contributed by atoms with Crippen LogP contribution in [0.25, 0.3) is 6.08 Å². The minimum absolute atomic E-state index is 0.00488. The van der Waals surface area contributed by atoms with Gasteiger partial charge in [-0.15, -0.1) is 0 Å². The average Bonchev–Trinajstić information content (AvgIpc) is 3.49. The van der Waals surface area contributed by atoms with Gasteiger partial charge < -0.3 is 19.1 Å². The normalized spacial score (nSPS) is 21.2. The molecule has 3 aliphatic rings. The molecule has 1 amide bonds. The molecule has 210 valence electrons. The molecule has 0 radical (unpaired) electrons. The van der Waals surface area contributed by atoms with Crippen LogP contribution in [0.4, 0.5) is 0 Å². The van der Waals surface area contributed by atoms with Gasteiger partial charge in [-0.05, 0) is 62.8 Å². The lowest BCUT2D eigenvalue weighted by Gasteiger charge is -2.34. The maximum absolute atomic E-state index is 14.2. The van der Waals surface area contributed by atoms with Gasteiger partial charge in [0.1, 0.15) is 0 Å². The molecule has 0 bridgehead atoms. The molecule has 0 N–H and O–H groups in total. The molecule has 6 heteroatoms. The van der Waals surface area contributed by atoms with E-state index in [1.54, 1.807) is 13.2 Å². The van der Waals surface area contributed by atoms with Gasteiger partial charge in [0.15, 0.2) is 11.5 Å². The minimum Gasteiger partial charge on any atom is -0.493 e. The Bertz CT molecular complexity index is 1170. The summed E-state index contributed by atoms with van der Waals surface area (Å²) < 4.78 is 17.6. The molecule has 2 aromatic carbocycles. The smallest absolute Gasteiger partial charge is 0.254 e. The van der Waals surface area contributed by atoms with Crippen molar-refractivity contribution in [2.24, 2.45) is 5.92 Å². The second-order valence-corrected chi connectivity index (χ2v) is 12.0. The number of carbonyl (C=O) groups excluding carboxylic acids is 1. The fourth-order valence-electron chi connectivity index (χ4n) is 6.44. The Kier molecular flexibility index (Phi) is 8.51. The van der Waals surface area contributed by atoms with Gasteiger partial charge in [-0.25, -0.2) is 0 Å². The van der Waals surface area contributed by atoms with Gasteiger partial charge in [0.2, 0.25) is 11.5 Å². The van der Waals surface area contributed by atoms with E-state index in [-0.39, 0.29) is 5.91 Å². The summed E-state index contributed by atoms with van der Waals surface area (Å²) in [5, 5.41) is 0. The molecule has 0 unspecified atom stereocenters. The lowest BCUT2D eigenvalue weighted by Crippen LogP contribution is -2.45. The van der Waals surface area contributed by atoms with E-state index < -0.39 is 5.79 Å². The van der Waals surface area contributed by atoms with Crippen molar-refractivity contribution < 1.29 is 19.0 Å². The predicted molar refractivity (Wildman–Crippen MR) is 155 cm³/mol. The maximum Gasteiger partial charge on any atom is 0.254 e. The van der Waals surface area contributed by atoms with E-state index in [2.05, 4.69) is 30.0 Å². The number of carbonyl (C=O) groups is 1. The van der Waals surface area contributed by atoms with Crippen molar-refractivity contribution in [1.82, 2.24) is 9.80 Å². The van der Waals surface area contributed by atoms with Gasteiger partial charge >= 0.3 is 0 Å². The van der Waals surface area contributed by atoms with Gasteiger partial charge in [0.25, 0.3) is 5.91 Å². The number of amides is 1. The number of nitrogens with zero attached hydrogens (tertiary/aromatic N) is 2. The minimum atomic E-state index is -0.796. The highest BCUT2D eigenvalue weighted by Gasteiger charge is 2.36.